The number of nitrogens with zero attached hydrogens (tertiary/aromatic N) is 1. The quantitative estimate of drug-likeness (QED) is 0.625. The second kappa shape index (κ2) is 5.61. The van der Waals surface area contributed by atoms with E-state index in [0.29, 0.717) is 27.1 Å². The number of halogens is 3. The van der Waals surface area contributed by atoms with Crippen LogP contribution in [-0.4, -0.2) is 10.2 Å². The van der Waals surface area contributed by atoms with Crippen molar-refractivity contribution in [3.8, 4) is 22.4 Å². The van der Waals surface area contributed by atoms with Gasteiger partial charge in [-0.05, 0) is 24.3 Å². The first-order valence-corrected chi connectivity index (χ1v) is 7.70. The van der Waals surface area contributed by atoms with Gasteiger partial charge in [0.15, 0.2) is 5.82 Å². The van der Waals surface area contributed by atoms with Crippen LogP contribution in [-0.2, 0) is 0 Å². The molecule has 1 aromatic heterocycles. The van der Waals surface area contributed by atoms with Crippen molar-refractivity contribution < 1.29 is 4.39 Å². The van der Waals surface area contributed by atoms with Crippen molar-refractivity contribution in [2.24, 2.45) is 0 Å². The molecule has 3 nitrogen and oxygen atoms in total. The zero-order chi connectivity index (χ0) is 15.0. The number of benzene rings is 2. The summed E-state index contributed by atoms with van der Waals surface area (Å²) in [4.78, 5) is 0. The molecule has 2 aromatic carbocycles. The van der Waals surface area contributed by atoms with Gasteiger partial charge < -0.3 is 5.73 Å². The summed E-state index contributed by atoms with van der Waals surface area (Å²) in [6.07, 6.45) is 0. The number of H-pyrrole nitrogens is 1. The van der Waals surface area contributed by atoms with E-state index >= 15 is 0 Å². The molecule has 21 heavy (non-hydrogen) atoms. The zero-order valence-electron chi connectivity index (χ0n) is 10.7. The lowest BCUT2D eigenvalue weighted by molar-refractivity contribution is 0.630. The Kier molecular flexibility index (Phi) is 3.82. The first kappa shape index (κ1) is 14.3. The second-order valence-corrected chi connectivity index (χ2v) is 6.23. The number of rotatable bonds is 2. The SMILES string of the molecule is Nc1n[nH]c(-c2ccc(Br)cc2F)c1-c1ccccc1Br. The van der Waals surface area contributed by atoms with E-state index in [0.717, 1.165) is 10.0 Å². The molecule has 0 radical (unpaired) electrons. The first-order chi connectivity index (χ1) is 10.1. The van der Waals surface area contributed by atoms with Crippen molar-refractivity contribution in [3.05, 3.63) is 57.2 Å². The maximum Gasteiger partial charge on any atom is 0.153 e. The van der Waals surface area contributed by atoms with Gasteiger partial charge in [-0.15, -0.1) is 0 Å². The molecule has 0 unspecified atom stereocenters. The van der Waals surface area contributed by atoms with Crippen LogP contribution in [0.25, 0.3) is 22.4 Å². The Morgan fingerprint density at radius 1 is 1.05 bits per heavy atom. The Balaban J connectivity index is 2.25. The third-order valence-electron chi connectivity index (χ3n) is 3.14. The van der Waals surface area contributed by atoms with Crippen molar-refractivity contribution in [1.29, 1.82) is 0 Å². The van der Waals surface area contributed by atoms with Crippen molar-refractivity contribution in [2.75, 3.05) is 5.73 Å². The van der Waals surface area contributed by atoms with Gasteiger partial charge in [-0.1, -0.05) is 50.1 Å². The Morgan fingerprint density at radius 2 is 1.81 bits per heavy atom. The minimum Gasteiger partial charge on any atom is -0.382 e. The first-order valence-electron chi connectivity index (χ1n) is 6.12. The van der Waals surface area contributed by atoms with Gasteiger partial charge in [0, 0.05) is 20.1 Å². The monoisotopic (exact) mass is 409 g/mol. The predicted octanol–water partition coefficient (Wildman–Crippen LogP) is 4.99. The van der Waals surface area contributed by atoms with Gasteiger partial charge in [0.1, 0.15) is 5.82 Å². The lowest BCUT2D eigenvalue weighted by atomic mass is 10.0. The summed E-state index contributed by atoms with van der Waals surface area (Å²) in [5, 5.41) is 6.85. The molecule has 0 aliphatic rings. The van der Waals surface area contributed by atoms with Crippen molar-refractivity contribution in [1.82, 2.24) is 10.2 Å². The molecule has 0 spiro atoms. The molecule has 6 heteroatoms. The van der Waals surface area contributed by atoms with Gasteiger partial charge in [0.25, 0.3) is 0 Å². The number of aromatic amines is 1. The molecule has 3 rings (SSSR count). The Hall–Kier alpha value is -1.66. The summed E-state index contributed by atoms with van der Waals surface area (Å²) >= 11 is 6.74. The normalized spacial score (nSPS) is 10.8. The lowest BCUT2D eigenvalue weighted by Crippen LogP contribution is -1.91. The van der Waals surface area contributed by atoms with Crippen LogP contribution in [0.5, 0.6) is 0 Å². The number of hydrogen-bond acceptors (Lipinski definition) is 2. The van der Waals surface area contributed by atoms with Crippen LogP contribution in [0.2, 0.25) is 0 Å². The highest BCUT2D eigenvalue weighted by molar-refractivity contribution is 9.10. The highest BCUT2D eigenvalue weighted by Crippen LogP contribution is 2.39. The summed E-state index contributed by atoms with van der Waals surface area (Å²) in [5.41, 5.74) is 8.49. The van der Waals surface area contributed by atoms with Gasteiger partial charge in [0.05, 0.1) is 11.3 Å². The molecule has 0 aliphatic carbocycles. The van der Waals surface area contributed by atoms with E-state index in [2.05, 4.69) is 42.1 Å². The molecule has 0 atom stereocenters. The van der Waals surface area contributed by atoms with Gasteiger partial charge >= 0.3 is 0 Å². The average Bonchev–Trinajstić information content (AvgIpc) is 2.81. The maximum atomic E-state index is 14.2. The molecule has 3 aromatic rings. The maximum absolute atomic E-state index is 14.2. The number of hydrogen-bond donors (Lipinski definition) is 2. The Labute approximate surface area is 137 Å². The van der Waals surface area contributed by atoms with Crippen LogP contribution in [0, 0.1) is 5.82 Å². The summed E-state index contributed by atoms with van der Waals surface area (Å²) < 4.78 is 15.8. The molecule has 1 heterocycles. The van der Waals surface area contributed by atoms with E-state index in [1.54, 1.807) is 12.1 Å². The minimum atomic E-state index is -0.346. The summed E-state index contributed by atoms with van der Waals surface area (Å²) in [6, 6.07) is 12.5. The smallest absolute Gasteiger partial charge is 0.153 e. The highest BCUT2D eigenvalue weighted by Gasteiger charge is 2.19. The number of nitrogens with one attached hydrogen (secondary N) is 1. The average molecular weight is 411 g/mol. The summed E-state index contributed by atoms with van der Waals surface area (Å²) in [7, 11) is 0. The predicted molar refractivity (Wildman–Crippen MR) is 89.2 cm³/mol. The lowest BCUT2D eigenvalue weighted by Gasteiger charge is -2.08. The molecule has 0 saturated heterocycles. The van der Waals surface area contributed by atoms with Crippen molar-refractivity contribution in [2.45, 2.75) is 0 Å². The van der Waals surface area contributed by atoms with Crippen LogP contribution in [0.4, 0.5) is 10.2 Å². The van der Waals surface area contributed by atoms with E-state index in [4.69, 9.17) is 5.73 Å². The van der Waals surface area contributed by atoms with E-state index in [9.17, 15) is 4.39 Å². The van der Waals surface area contributed by atoms with Gasteiger partial charge in [-0.2, -0.15) is 5.10 Å². The highest BCUT2D eigenvalue weighted by atomic mass is 79.9. The standard InChI is InChI=1S/C15H10Br2FN3/c16-8-5-6-10(12(18)7-8)14-13(15(19)21-20-14)9-3-1-2-4-11(9)17/h1-7H,(H3,19,20,21). The van der Waals surface area contributed by atoms with Crippen LogP contribution >= 0.6 is 31.9 Å². The third-order valence-corrected chi connectivity index (χ3v) is 4.32. The van der Waals surface area contributed by atoms with Gasteiger partial charge in [-0.25, -0.2) is 4.39 Å². The van der Waals surface area contributed by atoms with Crippen LogP contribution in [0.15, 0.2) is 51.4 Å². The second-order valence-electron chi connectivity index (χ2n) is 4.46. The van der Waals surface area contributed by atoms with E-state index in [1.165, 1.54) is 6.07 Å². The van der Waals surface area contributed by atoms with E-state index in [1.807, 2.05) is 24.3 Å². The number of aromatic nitrogens is 2. The van der Waals surface area contributed by atoms with E-state index in [-0.39, 0.29) is 5.82 Å². The van der Waals surface area contributed by atoms with Gasteiger partial charge in [-0.3, -0.25) is 5.10 Å². The molecule has 0 aliphatic heterocycles. The topological polar surface area (TPSA) is 54.7 Å². The zero-order valence-corrected chi connectivity index (χ0v) is 13.9. The fraction of sp³-hybridized carbons (Fsp3) is 0. The molecule has 0 amide bonds. The fourth-order valence-electron chi connectivity index (χ4n) is 2.18. The Bertz CT molecular complexity index is 814. The molecule has 0 bridgehead atoms. The van der Waals surface area contributed by atoms with Crippen LogP contribution < -0.4 is 5.73 Å². The van der Waals surface area contributed by atoms with Crippen molar-refractivity contribution >= 4 is 37.7 Å². The summed E-state index contributed by atoms with van der Waals surface area (Å²) in [6.45, 7) is 0. The molecular weight excluding hydrogens is 401 g/mol. The van der Waals surface area contributed by atoms with E-state index < -0.39 is 0 Å². The van der Waals surface area contributed by atoms with Crippen LogP contribution in [0.1, 0.15) is 0 Å². The third kappa shape index (κ3) is 2.61. The Morgan fingerprint density at radius 3 is 2.52 bits per heavy atom. The molecule has 0 saturated carbocycles. The van der Waals surface area contributed by atoms with Crippen molar-refractivity contribution in [3.63, 3.8) is 0 Å². The number of nitrogen functional groups attached to an aromatic ring is 1. The molecule has 106 valence electrons. The number of anilines is 1. The summed E-state index contributed by atoms with van der Waals surface area (Å²) in [5.74, 6) is -0.0134. The van der Waals surface area contributed by atoms with Gasteiger partial charge in [0.2, 0.25) is 0 Å². The largest absolute Gasteiger partial charge is 0.382 e. The molecule has 3 N–H and O–H groups in total. The molecule has 0 fully saturated rings. The fourth-order valence-corrected chi connectivity index (χ4v) is 3.00. The van der Waals surface area contributed by atoms with Crippen LogP contribution in [0.3, 0.4) is 0 Å². The minimum absolute atomic E-state index is 0.333. The number of nitrogens with two attached hydrogens (primary N) is 1. The molecular formula is C15H10Br2FN3.